The fourth-order valence-electron chi connectivity index (χ4n) is 4.17. The van der Waals surface area contributed by atoms with Crippen molar-refractivity contribution in [1.82, 2.24) is 0 Å². The lowest BCUT2D eigenvalue weighted by Gasteiger charge is -2.10. The summed E-state index contributed by atoms with van der Waals surface area (Å²) in [7, 11) is 1.97. The molecular formula is C28H22NO3+. The second-order valence-corrected chi connectivity index (χ2v) is 7.79. The smallest absolute Gasteiger partial charge is 0.337 e. The van der Waals surface area contributed by atoms with Crippen LogP contribution in [0.15, 0.2) is 97.1 Å². The van der Waals surface area contributed by atoms with Gasteiger partial charge in [0.25, 0.3) is 0 Å². The Morgan fingerprint density at radius 3 is 2.19 bits per heavy atom. The summed E-state index contributed by atoms with van der Waals surface area (Å²) < 4.78 is 7.95. The van der Waals surface area contributed by atoms with Crippen LogP contribution in [0.2, 0.25) is 0 Å². The molecular weight excluding hydrogens is 398 g/mol. The first kappa shape index (κ1) is 19.8. The Kier molecular flexibility index (Phi) is 5.04. The fraction of sp³-hybridized carbons (Fsp3) is 0.0714. The third kappa shape index (κ3) is 3.56. The third-order valence-electron chi connectivity index (χ3n) is 5.81. The molecule has 1 heterocycles. The second kappa shape index (κ2) is 8.16. The van der Waals surface area contributed by atoms with Crippen molar-refractivity contribution < 1.29 is 19.2 Å². The molecule has 0 aliphatic carbocycles. The van der Waals surface area contributed by atoms with E-state index in [4.69, 9.17) is 4.74 Å². The molecule has 0 spiro atoms. The minimum absolute atomic E-state index is 0.338. The van der Waals surface area contributed by atoms with Crippen LogP contribution in [-0.2, 0) is 13.7 Å². The largest absolute Gasteiger partial charge is 0.489 e. The van der Waals surface area contributed by atoms with E-state index in [1.807, 2.05) is 104 Å². The Hall–Kier alpha value is -4.18. The van der Waals surface area contributed by atoms with Crippen LogP contribution in [0, 0.1) is 0 Å². The van der Waals surface area contributed by atoms with Crippen molar-refractivity contribution in [3.63, 3.8) is 0 Å². The molecule has 0 saturated heterocycles. The van der Waals surface area contributed by atoms with Crippen LogP contribution in [0.1, 0.15) is 15.9 Å². The van der Waals surface area contributed by atoms with Gasteiger partial charge in [-0.15, -0.1) is 0 Å². The average molecular weight is 420 g/mol. The molecule has 1 aromatic heterocycles. The number of aromatic nitrogens is 1. The number of hydrogen-bond acceptors (Lipinski definition) is 2. The molecule has 1 N–H and O–H groups in total. The number of pyridine rings is 1. The molecule has 5 aromatic rings. The number of nitrogens with zero attached hydrogens (tertiary/aromatic N) is 1. The minimum Gasteiger partial charge on any atom is -0.489 e. The summed E-state index contributed by atoms with van der Waals surface area (Å²) >= 11 is 0. The van der Waals surface area contributed by atoms with Crippen LogP contribution in [0.4, 0.5) is 0 Å². The van der Waals surface area contributed by atoms with E-state index in [1.54, 1.807) is 0 Å². The zero-order chi connectivity index (χ0) is 22.1. The van der Waals surface area contributed by atoms with Gasteiger partial charge in [0.2, 0.25) is 11.0 Å². The lowest BCUT2D eigenvalue weighted by atomic mass is 9.98. The van der Waals surface area contributed by atoms with Crippen molar-refractivity contribution in [3.05, 3.63) is 108 Å². The molecule has 4 aromatic carbocycles. The van der Waals surface area contributed by atoms with E-state index in [1.165, 1.54) is 0 Å². The normalized spacial score (nSPS) is 11.0. The van der Waals surface area contributed by atoms with E-state index in [0.29, 0.717) is 12.2 Å². The highest BCUT2D eigenvalue weighted by Gasteiger charge is 2.22. The van der Waals surface area contributed by atoms with Gasteiger partial charge in [0, 0.05) is 12.1 Å². The Labute approximate surface area is 186 Å². The van der Waals surface area contributed by atoms with Crippen LogP contribution in [0.5, 0.6) is 5.75 Å². The molecule has 5 rings (SSSR count). The summed E-state index contributed by atoms with van der Waals surface area (Å²) in [5, 5.41) is 11.4. The number of carboxylic acids is 1. The van der Waals surface area contributed by atoms with E-state index in [2.05, 4.69) is 4.57 Å². The number of aryl methyl sites for hydroxylation is 1. The van der Waals surface area contributed by atoms with Crippen molar-refractivity contribution in [2.24, 2.45) is 7.05 Å². The number of benzene rings is 4. The Morgan fingerprint density at radius 2 is 1.44 bits per heavy atom. The molecule has 0 amide bonds. The van der Waals surface area contributed by atoms with Crippen LogP contribution in [0.25, 0.3) is 32.9 Å². The maximum Gasteiger partial charge on any atom is 0.337 e. The molecule has 0 aliphatic heterocycles. The van der Waals surface area contributed by atoms with Gasteiger partial charge in [-0.2, -0.15) is 4.57 Å². The summed E-state index contributed by atoms with van der Waals surface area (Å²) in [6.45, 7) is 0.525. The predicted molar refractivity (Wildman–Crippen MR) is 126 cm³/mol. The Morgan fingerprint density at radius 1 is 0.781 bits per heavy atom. The highest BCUT2D eigenvalue weighted by Crippen LogP contribution is 2.29. The molecule has 4 heteroatoms. The summed E-state index contributed by atoms with van der Waals surface area (Å²) in [6, 6.07) is 31.6. The van der Waals surface area contributed by atoms with Gasteiger partial charge in [0.15, 0.2) is 0 Å². The van der Waals surface area contributed by atoms with Crippen molar-refractivity contribution in [3.8, 4) is 16.9 Å². The molecule has 0 unspecified atom stereocenters. The molecule has 4 nitrogen and oxygen atoms in total. The van der Waals surface area contributed by atoms with E-state index < -0.39 is 5.97 Å². The first-order valence-electron chi connectivity index (χ1n) is 10.5. The minimum atomic E-state index is -0.917. The quantitative estimate of drug-likeness (QED) is 0.290. The molecule has 0 atom stereocenters. The van der Waals surface area contributed by atoms with Crippen LogP contribution in [-0.4, -0.2) is 11.1 Å². The van der Waals surface area contributed by atoms with E-state index in [-0.39, 0.29) is 0 Å². The van der Waals surface area contributed by atoms with Gasteiger partial charge in [0.05, 0.1) is 16.3 Å². The number of rotatable bonds is 5. The fourth-order valence-corrected chi connectivity index (χ4v) is 4.17. The molecule has 0 aliphatic rings. The number of ether oxygens (including phenoxy) is 1. The lowest BCUT2D eigenvalue weighted by molar-refractivity contribution is -0.617. The summed E-state index contributed by atoms with van der Waals surface area (Å²) in [4.78, 5) is 12.1. The molecule has 0 radical (unpaired) electrons. The van der Waals surface area contributed by atoms with Crippen molar-refractivity contribution in [2.75, 3.05) is 0 Å². The van der Waals surface area contributed by atoms with E-state index in [9.17, 15) is 9.90 Å². The molecule has 0 saturated carbocycles. The van der Waals surface area contributed by atoms with Gasteiger partial charge < -0.3 is 9.84 Å². The van der Waals surface area contributed by atoms with Gasteiger partial charge in [-0.05, 0) is 41.0 Å². The number of para-hydroxylation sites is 1. The molecule has 0 fully saturated rings. The maximum atomic E-state index is 12.1. The maximum absolute atomic E-state index is 12.1. The summed E-state index contributed by atoms with van der Waals surface area (Å²) in [5.41, 5.74) is 5.30. The number of hydrogen-bond donors (Lipinski definition) is 1. The van der Waals surface area contributed by atoms with Crippen LogP contribution in [0.3, 0.4) is 0 Å². The monoisotopic (exact) mass is 420 g/mol. The number of carbonyl (C=O) groups is 1. The van der Waals surface area contributed by atoms with Crippen molar-refractivity contribution in [1.29, 1.82) is 0 Å². The van der Waals surface area contributed by atoms with Crippen LogP contribution < -0.4 is 9.30 Å². The predicted octanol–water partition coefficient (Wildman–Crippen LogP) is 5.76. The SMILES string of the molecule is C[n+]1c2ccccc2c(C(=O)O)c2ccc(-c3ccc(OCc4ccccc4)cc3)cc21. The Bertz CT molecular complexity index is 1440. The first-order valence-corrected chi connectivity index (χ1v) is 10.5. The second-order valence-electron chi connectivity index (χ2n) is 7.79. The average Bonchev–Trinajstić information content (AvgIpc) is 2.84. The summed E-state index contributed by atoms with van der Waals surface area (Å²) in [5.74, 6) is -0.109. The molecule has 32 heavy (non-hydrogen) atoms. The molecule has 156 valence electrons. The van der Waals surface area contributed by atoms with E-state index in [0.717, 1.165) is 44.2 Å². The van der Waals surface area contributed by atoms with Crippen LogP contribution >= 0.6 is 0 Å². The number of aromatic carboxylic acids is 1. The van der Waals surface area contributed by atoms with Gasteiger partial charge in [-0.3, -0.25) is 0 Å². The topological polar surface area (TPSA) is 50.4 Å². The Balaban J connectivity index is 1.51. The number of fused-ring (bicyclic) bond motifs is 2. The van der Waals surface area contributed by atoms with Crippen molar-refractivity contribution >= 4 is 27.8 Å². The number of carboxylic acid groups (broad SMARTS) is 1. The van der Waals surface area contributed by atoms with Gasteiger partial charge in [-0.1, -0.05) is 60.7 Å². The summed E-state index contributed by atoms with van der Waals surface area (Å²) in [6.07, 6.45) is 0. The van der Waals surface area contributed by atoms with Gasteiger partial charge in [-0.25, -0.2) is 4.79 Å². The first-order chi connectivity index (χ1) is 15.6. The third-order valence-corrected chi connectivity index (χ3v) is 5.81. The van der Waals surface area contributed by atoms with E-state index >= 15 is 0 Å². The standard InChI is InChI=1S/C28H21NO3/c1-29-25-10-6-5-9-23(25)27(28(30)31)24-16-13-21(17-26(24)29)20-11-14-22(15-12-20)32-18-19-7-3-2-4-8-19/h2-17H,18H2,1H3/p+1. The zero-order valence-electron chi connectivity index (χ0n) is 17.7. The zero-order valence-corrected chi connectivity index (χ0v) is 17.7. The van der Waals surface area contributed by atoms with Crippen molar-refractivity contribution in [2.45, 2.75) is 6.61 Å². The molecule has 0 bridgehead atoms. The van der Waals surface area contributed by atoms with Gasteiger partial charge in [0.1, 0.15) is 19.4 Å². The van der Waals surface area contributed by atoms with Gasteiger partial charge >= 0.3 is 5.97 Å². The lowest BCUT2D eigenvalue weighted by Crippen LogP contribution is -2.31. The highest BCUT2D eigenvalue weighted by molar-refractivity contribution is 6.12. The highest BCUT2D eigenvalue weighted by atomic mass is 16.5.